The summed E-state index contributed by atoms with van der Waals surface area (Å²) < 4.78 is 46.0. The molecule has 0 unspecified atom stereocenters. The molecule has 0 amide bonds. The zero-order chi connectivity index (χ0) is 15.3. The van der Waals surface area contributed by atoms with Crippen molar-refractivity contribution in [2.24, 2.45) is 0 Å². The van der Waals surface area contributed by atoms with E-state index in [-0.39, 0.29) is 17.9 Å². The van der Waals surface area contributed by atoms with Crippen molar-refractivity contribution in [2.75, 3.05) is 13.2 Å². The number of carbonyl (C=O) groups is 1. The Balaban J connectivity index is 3.01. The summed E-state index contributed by atoms with van der Waals surface area (Å²) in [5.41, 5.74) is 0.146. The molecule has 1 aromatic carbocycles. The Morgan fingerprint density at radius 1 is 1.40 bits per heavy atom. The highest BCUT2D eigenvalue weighted by Gasteiger charge is 2.30. The van der Waals surface area contributed by atoms with Crippen LogP contribution in [0.2, 0.25) is 0 Å². The molecular formula is C13H15F3O4. The molecule has 0 radical (unpaired) electrons. The van der Waals surface area contributed by atoms with E-state index in [1.807, 2.05) is 0 Å². The van der Waals surface area contributed by atoms with Crippen LogP contribution in [0.15, 0.2) is 18.2 Å². The van der Waals surface area contributed by atoms with Gasteiger partial charge >= 0.3 is 12.1 Å². The zero-order valence-electron chi connectivity index (χ0n) is 11.0. The first-order chi connectivity index (χ1) is 9.26. The minimum atomic E-state index is -4.54. The molecule has 1 N–H and O–H groups in total. The molecule has 0 aliphatic heterocycles. The normalized spacial score (nSPS) is 12.8. The highest BCUT2D eigenvalue weighted by atomic mass is 19.4. The van der Waals surface area contributed by atoms with Crippen molar-refractivity contribution >= 4 is 5.97 Å². The second kappa shape index (κ2) is 6.49. The van der Waals surface area contributed by atoms with Crippen LogP contribution < -0.4 is 4.74 Å². The van der Waals surface area contributed by atoms with E-state index in [1.165, 1.54) is 25.1 Å². The second-order valence-corrected chi connectivity index (χ2v) is 4.07. The predicted molar refractivity (Wildman–Crippen MR) is 64.7 cm³/mol. The van der Waals surface area contributed by atoms with Crippen LogP contribution in [0, 0.1) is 0 Å². The van der Waals surface area contributed by atoms with Gasteiger partial charge in [-0.1, -0.05) is 12.1 Å². The summed E-state index contributed by atoms with van der Waals surface area (Å²) in [6.45, 7) is 1.69. The lowest BCUT2D eigenvalue weighted by Gasteiger charge is -2.17. The lowest BCUT2D eigenvalue weighted by atomic mass is 10.00. The smallest absolute Gasteiger partial charge is 0.422 e. The molecule has 0 spiro atoms. The summed E-state index contributed by atoms with van der Waals surface area (Å²) in [5, 5.41) is 9.60. The van der Waals surface area contributed by atoms with Crippen LogP contribution >= 0.6 is 0 Å². The van der Waals surface area contributed by atoms with Crippen LogP contribution in [0.4, 0.5) is 13.2 Å². The van der Waals surface area contributed by atoms with Crippen LogP contribution in [-0.4, -0.2) is 30.5 Å². The van der Waals surface area contributed by atoms with Gasteiger partial charge in [-0.2, -0.15) is 13.2 Å². The summed E-state index contributed by atoms with van der Waals surface area (Å²) >= 11 is 0. The number of hydrogen-bond acceptors (Lipinski definition) is 4. The van der Waals surface area contributed by atoms with E-state index in [4.69, 9.17) is 4.74 Å². The minimum Gasteiger partial charge on any atom is -0.504 e. The molecule has 0 bridgehead atoms. The third-order valence-electron chi connectivity index (χ3n) is 2.51. The fourth-order valence-corrected chi connectivity index (χ4v) is 1.59. The van der Waals surface area contributed by atoms with Gasteiger partial charge in [-0.05, 0) is 19.9 Å². The van der Waals surface area contributed by atoms with E-state index < -0.39 is 30.4 Å². The predicted octanol–water partition coefficient (Wildman–Crippen LogP) is 3.00. The molecule has 112 valence electrons. The van der Waals surface area contributed by atoms with Crippen LogP contribution in [0.3, 0.4) is 0 Å². The summed E-state index contributed by atoms with van der Waals surface area (Å²) in [6.07, 6.45) is -4.54. The number of benzene rings is 1. The van der Waals surface area contributed by atoms with Crippen molar-refractivity contribution in [1.82, 2.24) is 0 Å². The van der Waals surface area contributed by atoms with Crippen molar-refractivity contribution in [3.8, 4) is 11.5 Å². The number of phenolic OH excluding ortho intramolecular Hbond substituents is 1. The maximum atomic E-state index is 12.2. The van der Waals surface area contributed by atoms with E-state index in [1.54, 1.807) is 6.92 Å². The molecule has 0 saturated carbocycles. The average molecular weight is 292 g/mol. The molecule has 1 rings (SSSR count). The lowest BCUT2D eigenvalue weighted by Crippen LogP contribution is -2.21. The Morgan fingerprint density at radius 2 is 2.05 bits per heavy atom. The number of esters is 1. The van der Waals surface area contributed by atoms with Crippen molar-refractivity contribution in [1.29, 1.82) is 0 Å². The fourth-order valence-electron chi connectivity index (χ4n) is 1.59. The maximum absolute atomic E-state index is 12.2. The molecule has 0 heterocycles. The molecule has 1 atom stereocenters. The SMILES string of the molecule is CCOC(=O)[C@H](C)c1cccc(O)c1OCC(F)(F)F. The Bertz CT molecular complexity index is 471. The molecule has 7 heteroatoms. The zero-order valence-corrected chi connectivity index (χ0v) is 11.0. The van der Waals surface area contributed by atoms with Gasteiger partial charge in [0.05, 0.1) is 12.5 Å². The van der Waals surface area contributed by atoms with Crippen molar-refractivity contribution in [3.05, 3.63) is 23.8 Å². The monoisotopic (exact) mass is 292 g/mol. The highest BCUT2D eigenvalue weighted by molar-refractivity contribution is 5.79. The highest BCUT2D eigenvalue weighted by Crippen LogP contribution is 2.36. The summed E-state index contributed by atoms with van der Waals surface area (Å²) in [4.78, 5) is 11.6. The number of carbonyl (C=O) groups excluding carboxylic acids is 1. The first-order valence-electron chi connectivity index (χ1n) is 5.94. The molecule has 0 fully saturated rings. The number of halogens is 3. The number of alkyl halides is 3. The van der Waals surface area contributed by atoms with Gasteiger partial charge in [0.1, 0.15) is 0 Å². The van der Waals surface area contributed by atoms with Crippen molar-refractivity contribution < 1.29 is 32.5 Å². The summed E-state index contributed by atoms with van der Waals surface area (Å²) in [7, 11) is 0. The van der Waals surface area contributed by atoms with Gasteiger partial charge < -0.3 is 14.6 Å². The maximum Gasteiger partial charge on any atom is 0.422 e. The number of ether oxygens (including phenoxy) is 2. The molecule has 20 heavy (non-hydrogen) atoms. The Morgan fingerprint density at radius 3 is 2.60 bits per heavy atom. The van der Waals surface area contributed by atoms with E-state index in [9.17, 15) is 23.1 Å². The topological polar surface area (TPSA) is 55.8 Å². The lowest BCUT2D eigenvalue weighted by molar-refractivity contribution is -0.153. The second-order valence-electron chi connectivity index (χ2n) is 4.07. The van der Waals surface area contributed by atoms with Gasteiger partial charge in [-0.3, -0.25) is 4.79 Å². The molecule has 4 nitrogen and oxygen atoms in total. The Labute approximate surface area is 114 Å². The van der Waals surface area contributed by atoms with Gasteiger partial charge in [-0.25, -0.2) is 0 Å². The number of rotatable bonds is 5. The number of para-hydroxylation sites is 1. The van der Waals surface area contributed by atoms with Crippen molar-refractivity contribution in [3.63, 3.8) is 0 Å². The third-order valence-corrected chi connectivity index (χ3v) is 2.51. The van der Waals surface area contributed by atoms with Crippen LogP contribution in [0.5, 0.6) is 11.5 Å². The van der Waals surface area contributed by atoms with Gasteiger partial charge in [0, 0.05) is 5.56 Å². The van der Waals surface area contributed by atoms with Crippen LogP contribution in [0.1, 0.15) is 25.3 Å². The van der Waals surface area contributed by atoms with Gasteiger partial charge in [0.2, 0.25) is 0 Å². The molecule has 1 aromatic rings. The van der Waals surface area contributed by atoms with Gasteiger partial charge in [-0.15, -0.1) is 0 Å². The minimum absolute atomic E-state index is 0.146. The quantitative estimate of drug-likeness (QED) is 0.848. The number of hydrogen-bond donors (Lipinski definition) is 1. The molecule has 0 aliphatic rings. The largest absolute Gasteiger partial charge is 0.504 e. The third kappa shape index (κ3) is 4.32. The Kier molecular flexibility index (Phi) is 5.24. The molecular weight excluding hydrogens is 277 g/mol. The van der Waals surface area contributed by atoms with E-state index in [2.05, 4.69) is 4.74 Å². The first-order valence-corrected chi connectivity index (χ1v) is 5.94. The van der Waals surface area contributed by atoms with E-state index in [0.29, 0.717) is 0 Å². The fraction of sp³-hybridized carbons (Fsp3) is 0.462. The molecule has 0 aromatic heterocycles. The molecule has 0 aliphatic carbocycles. The van der Waals surface area contributed by atoms with Crippen LogP contribution in [0.25, 0.3) is 0 Å². The van der Waals surface area contributed by atoms with E-state index >= 15 is 0 Å². The van der Waals surface area contributed by atoms with Gasteiger partial charge in [0.25, 0.3) is 0 Å². The molecule has 0 saturated heterocycles. The van der Waals surface area contributed by atoms with Gasteiger partial charge in [0.15, 0.2) is 18.1 Å². The summed E-state index contributed by atoms with van der Waals surface area (Å²) in [6, 6.07) is 4.01. The Hall–Kier alpha value is -1.92. The average Bonchev–Trinajstić information content (AvgIpc) is 2.35. The standard InChI is InChI=1S/C13H15F3O4/c1-3-19-12(18)8(2)9-5-4-6-10(17)11(9)20-7-13(14,15)16/h4-6,8,17H,3,7H2,1-2H3/t8-/m1/s1. The first kappa shape index (κ1) is 16.1. The summed E-state index contributed by atoms with van der Waals surface area (Å²) in [5.74, 6) is -2.26. The van der Waals surface area contributed by atoms with E-state index in [0.717, 1.165) is 0 Å². The van der Waals surface area contributed by atoms with Crippen LogP contribution in [-0.2, 0) is 9.53 Å². The number of aromatic hydroxyl groups is 1. The van der Waals surface area contributed by atoms with Crippen molar-refractivity contribution in [2.45, 2.75) is 25.9 Å². The number of phenols is 1.